The Kier molecular flexibility index (Phi) is 9.13. The van der Waals surface area contributed by atoms with Crippen molar-refractivity contribution in [2.45, 2.75) is 25.9 Å². The molecule has 0 saturated carbocycles. The summed E-state index contributed by atoms with van der Waals surface area (Å²) in [6.07, 6.45) is 1.41. The molecular formula is C27H28N4O4. The van der Waals surface area contributed by atoms with Gasteiger partial charge in [-0.2, -0.15) is 5.10 Å². The number of rotatable bonds is 9. The van der Waals surface area contributed by atoms with Crippen LogP contribution in [0.5, 0.6) is 5.75 Å². The van der Waals surface area contributed by atoms with Gasteiger partial charge in [0.05, 0.1) is 18.3 Å². The first kappa shape index (κ1) is 25.2. The van der Waals surface area contributed by atoms with Crippen LogP contribution in [-0.4, -0.2) is 30.5 Å². The molecule has 0 aliphatic carbocycles. The lowest BCUT2D eigenvalue weighted by molar-refractivity contribution is -0.139. The molecule has 35 heavy (non-hydrogen) atoms. The number of ether oxygens (including phenoxy) is 1. The zero-order valence-electron chi connectivity index (χ0n) is 19.6. The second-order valence-corrected chi connectivity index (χ2v) is 7.86. The summed E-state index contributed by atoms with van der Waals surface area (Å²) >= 11 is 0. The Morgan fingerprint density at radius 2 is 1.31 bits per heavy atom. The van der Waals surface area contributed by atoms with Gasteiger partial charge in [-0.05, 0) is 54.8 Å². The van der Waals surface area contributed by atoms with Crippen molar-refractivity contribution in [2.24, 2.45) is 5.10 Å². The minimum Gasteiger partial charge on any atom is -0.484 e. The number of hydrogen-bond acceptors (Lipinski definition) is 5. The first-order valence-electron chi connectivity index (χ1n) is 11.2. The third-order valence-corrected chi connectivity index (χ3v) is 5.16. The van der Waals surface area contributed by atoms with Crippen molar-refractivity contribution in [3.63, 3.8) is 0 Å². The highest BCUT2D eigenvalue weighted by Gasteiger charge is 2.16. The van der Waals surface area contributed by atoms with E-state index >= 15 is 0 Å². The van der Waals surface area contributed by atoms with Gasteiger partial charge in [0.25, 0.3) is 5.91 Å². The van der Waals surface area contributed by atoms with Crippen molar-refractivity contribution in [3.8, 4) is 5.75 Å². The molecular weight excluding hydrogens is 444 g/mol. The largest absolute Gasteiger partial charge is 0.484 e. The number of nitrogens with zero attached hydrogens (tertiary/aromatic N) is 1. The van der Waals surface area contributed by atoms with E-state index in [1.165, 1.54) is 6.21 Å². The summed E-state index contributed by atoms with van der Waals surface area (Å²) in [7, 11) is 0. The molecule has 3 aromatic carbocycles. The molecule has 8 nitrogen and oxygen atoms in total. The lowest BCUT2D eigenvalue weighted by atomic mass is 10.1. The molecule has 0 spiro atoms. The van der Waals surface area contributed by atoms with Gasteiger partial charge in [0.2, 0.25) is 0 Å². The minimum atomic E-state index is -0.861. The summed E-state index contributed by atoms with van der Waals surface area (Å²) in [6.45, 7) is 3.59. The highest BCUT2D eigenvalue weighted by Crippen LogP contribution is 2.13. The van der Waals surface area contributed by atoms with Crippen molar-refractivity contribution >= 4 is 23.9 Å². The predicted octanol–water partition coefficient (Wildman–Crippen LogP) is 3.27. The quantitative estimate of drug-likeness (QED) is 0.252. The average Bonchev–Trinajstić information content (AvgIpc) is 2.89. The van der Waals surface area contributed by atoms with Crippen molar-refractivity contribution < 1.29 is 19.1 Å². The molecule has 3 rings (SSSR count). The molecule has 0 aromatic heterocycles. The van der Waals surface area contributed by atoms with Crippen molar-refractivity contribution in [1.29, 1.82) is 0 Å². The van der Waals surface area contributed by atoms with E-state index in [2.05, 4.69) is 21.2 Å². The summed E-state index contributed by atoms with van der Waals surface area (Å²) in [5.74, 6) is -1.35. The fraction of sp³-hybridized carbons (Fsp3) is 0.185. The fourth-order valence-electron chi connectivity index (χ4n) is 3.21. The number of nitrogens with one attached hydrogen (secondary N) is 3. The molecule has 0 aliphatic rings. The Balaban J connectivity index is 1.40. The van der Waals surface area contributed by atoms with Crippen LogP contribution in [0.15, 0.2) is 90.0 Å². The van der Waals surface area contributed by atoms with Gasteiger partial charge in [-0.1, -0.05) is 60.7 Å². The van der Waals surface area contributed by atoms with Crippen LogP contribution >= 0.6 is 0 Å². The summed E-state index contributed by atoms with van der Waals surface area (Å²) in [4.78, 5) is 36.2. The van der Waals surface area contributed by atoms with Gasteiger partial charge >= 0.3 is 11.8 Å². The highest BCUT2D eigenvalue weighted by molar-refractivity contribution is 6.35. The number of amides is 3. The Morgan fingerprint density at radius 3 is 1.89 bits per heavy atom. The van der Waals surface area contributed by atoms with E-state index in [1.54, 1.807) is 31.2 Å². The predicted molar refractivity (Wildman–Crippen MR) is 134 cm³/mol. The fourth-order valence-corrected chi connectivity index (χ4v) is 3.21. The number of hydrogen-bond donors (Lipinski definition) is 3. The van der Waals surface area contributed by atoms with E-state index in [0.29, 0.717) is 11.3 Å². The van der Waals surface area contributed by atoms with Crippen LogP contribution in [0, 0.1) is 0 Å². The van der Waals surface area contributed by atoms with E-state index in [4.69, 9.17) is 4.74 Å². The van der Waals surface area contributed by atoms with Crippen LogP contribution in [0.3, 0.4) is 0 Å². The maximum absolute atomic E-state index is 12.1. The summed E-state index contributed by atoms with van der Waals surface area (Å²) in [6, 6.07) is 25.4. The average molecular weight is 473 g/mol. The maximum Gasteiger partial charge on any atom is 0.329 e. The van der Waals surface area contributed by atoms with Crippen LogP contribution in [-0.2, 0) is 14.4 Å². The van der Waals surface area contributed by atoms with Crippen molar-refractivity contribution in [1.82, 2.24) is 16.1 Å². The zero-order chi connectivity index (χ0) is 25.0. The molecule has 0 aliphatic heterocycles. The number of benzene rings is 3. The molecule has 0 fully saturated rings. The Bertz CT molecular complexity index is 1150. The topological polar surface area (TPSA) is 109 Å². The van der Waals surface area contributed by atoms with Crippen molar-refractivity contribution in [2.75, 3.05) is 6.61 Å². The van der Waals surface area contributed by atoms with E-state index < -0.39 is 11.8 Å². The number of carbonyl (C=O) groups is 3. The second kappa shape index (κ2) is 12.7. The SMILES string of the molecule is C[C@@H](NC(=O)COc1ccc(/C=N\NC(=O)C(=O)N[C@H](C)c2ccccc2)cc1)c1ccccc1. The maximum atomic E-state index is 12.1. The first-order chi connectivity index (χ1) is 16.9. The standard InChI is InChI=1S/C27H28N4O4/c1-19(22-9-5-3-6-10-22)29-25(32)18-35-24-15-13-21(14-16-24)17-28-31-27(34)26(33)30-20(2)23-11-7-4-8-12-23/h3-17,19-20H,18H2,1-2H3,(H,29,32)(H,30,33)(H,31,34)/b28-17-/t19-,20-/m1/s1. The summed E-state index contributed by atoms with van der Waals surface area (Å²) in [5.41, 5.74) is 4.79. The molecule has 3 amide bonds. The van der Waals surface area contributed by atoms with Gasteiger partial charge in [-0.3, -0.25) is 14.4 Å². The molecule has 3 N–H and O–H groups in total. The molecule has 0 unspecified atom stereocenters. The van der Waals surface area contributed by atoms with Crippen molar-refractivity contribution in [3.05, 3.63) is 102 Å². The number of hydrazone groups is 1. The van der Waals surface area contributed by atoms with Crippen LogP contribution in [0.2, 0.25) is 0 Å². The minimum absolute atomic E-state index is 0.114. The molecule has 0 heterocycles. The van der Waals surface area contributed by atoms with Gasteiger partial charge in [0, 0.05) is 0 Å². The molecule has 0 saturated heterocycles. The highest BCUT2D eigenvalue weighted by atomic mass is 16.5. The van der Waals surface area contributed by atoms with Crippen LogP contribution in [0.25, 0.3) is 0 Å². The third kappa shape index (κ3) is 8.12. The smallest absolute Gasteiger partial charge is 0.329 e. The van der Waals surface area contributed by atoms with Crippen LogP contribution in [0.1, 0.15) is 42.6 Å². The van der Waals surface area contributed by atoms with Gasteiger partial charge in [-0.15, -0.1) is 0 Å². The monoisotopic (exact) mass is 472 g/mol. The molecule has 180 valence electrons. The lowest BCUT2D eigenvalue weighted by Crippen LogP contribution is -2.39. The van der Waals surface area contributed by atoms with E-state index in [9.17, 15) is 14.4 Å². The number of carbonyl (C=O) groups excluding carboxylic acids is 3. The zero-order valence-corrected chi connectivity index (χ0v) is 19.6. The van der Waals surface area contributed by atoms with Gasteiger partial charge in [0.15, 0.2) is 6.61 Å². The van der Waals surface area contributed by atoms with Gasteiger partial charge < -0.3 is 15.4 Å². The second-order valence-electron chi connectivity index (χ2n) is 7.86. The molecule has 0 bridgehead atoms. The lowest BCUT2D eigenvalue weighted by Gasteiger charge is -2.14. The van der Waals surface area contributed by atoms with Crippen LogP contribution < -0.4 is 20.8 Å². The third-order valence-electron chi connectivity index (χ3n) is 5.16. The summed E-state index contributed by atoms with van der Waals surface area (Å²) < 4.78 is 5.53. The van der Waals surface area contributed by atoms with E-state index in [1.807, 2.05) is 67.6 Å². The van der Waals surface area contributed by atoms with Gasteiger partial charge in [0.1, 0.15) is 5.75 Å². The Hall–Kier alpha value is -4.46. The van der Waals surface area contributed by atoms with Crippen LogP contribution in [0.4, 0.5) is 0 Å². The van der Waals surface area contributed by atoms with Gasteiger partial charge in [-0.25, -0.2) is 5.43 Å². The Morgan fingerprint density at radius 1 is 0.771 bits per heavy atom. The van der Waals surface area contributed by atoms with E-state index in [-0.39, 0.29) is 24.6 Å². The summed E-state index contributed by atoms with van der Waals surface area (Å²) in [5, 5.41) is 9.33. The van der Waals surface area contributed by atoms with E-state index in [0.717, 1.165) is 11.1 Å². The normalized spacial score (nSPS) is 12.4. The molecule has 8 heteroatoms. The molecule has 2 atom stereocenters. The molecule has 0 radical (unpaired) electrons. The first-order valence-corrected chi connectivity index (χ1v) is 11.2. The Labute approximate surface area is 204 Å². The molecule has 3 aromatic rings.